The summed E-state index contributed by atoms with van der Waals surface area (Å²) in [6.07, 6.45) is 2.40. The predicted molar refractivity (Wildman–Crippen MR) is 92.7 cm³/mol. The van der Waals surface area contributed by atoms with E-state index in [-0.39, 0.29) is 12.8 Å². The van der Waals surface area contributed by atoms with Gasteiger partial charge in [-0.2, -0.15) is 0 Å². The van der Waals surface area contributed by atoms with Crippen molar-refractivity contribution in [3.8, 4) is 0 Å². The molecule has 1 aromatic heterocycles. The van der Waals surface area contributed by atoms with E-state index in [1.807, 2.05) is 5.32 Å². The summed E-state index contributed by atoms with van der Waals surface area (Å²) in [5.41, 5.74) is 6.38. The summed E-state index contributed by atoms with van der Waals surface area (Å²) >= 11 is 0. The average Bonchev–Trinajstić information content (AvgIpc) is 3.13. The Kier molecular flexibility index (Phi) is 9.09. The zero-order valence-electron chi connectivity index (χ0n) is 14.8. The molecule has 0 aliphatic heterocycles. The SMILES string of the molecule is NC(Cc1cnc[nH]1)C(=O)NC(CCC(=O)O)C(=O)NCC(=O)NCC(=O)O. The number of carboxylic acid groups (broad SMARTS) is 2. The van der Waals surface area contributed by atoms with Gasteiger partial charge in [0, 0.05) is 24.7 Å². The molecule has 0 aromatic carbocycles. The van der Waals surface area contributed by atoms with E-state index in [9.17, 15) is 24.0 Å². The van der Waals surface area contributed by atoms with Crippen molar-refractivity contribution in [2.75, 3.05) is 13.1 Å². The molecule has 13 nitrogen and oxygen atoms in total. The number of amides is 3. The Morgan fingerprint density at radius 1 is 1.07 bits per heavy atom. The molecule has 0 radical (unpaired) electrons. The second-order valence-corrected chi connectivity index (χ2v) is 5.77. The molecule has 0 saturated carbocycles. The third-order valence-corrected chi connectivity index (χ3v) is 3.47. The molecule has 3 amide bonds. The average molecular weight is 398 g/mol. The summed E-state index contributed by atoms with van der Waals surface area (Å²) < 4.78 is 0. The van der Waals surface area contributed by atoms with E-state index in [0.717, 1.165) is 0 Å². The van der Waals surface area contributed by atoms with E-state index in [2.05, 4.69) is 20.6 Å². The number of aliphatic carboxylic acids is 2. The number of hydrogen-bond acceptors (Lipinski definition) is 7. The molecule has 1 rings (SSSR count). The van der Waals surface area contributed by atoms with Crippen molar-refractivity contribution in [3.63, 3.8) is 0 Å². The van der Waals surface area contributed by atoms with Crippen LogP contribution < -0.4 is 21.7 Å². The summed E-state index contributed by atoms with van der Waals surface area (Å²) in [7, 11) is 0. The number of rotatable bonds is 12. The molecule has 0 aliphatic carbocycles. The minimum absolute atomic E-state index is 0.122. The molecular weight excluding hydrogens is 376 g/mol. The standard InChI is InChI=1S/C15H22N6O7/c16-9(3-8-4-17-7-20-8)14(27)21-10(1-2-12(23)24)15(28)19-5-11(22)18-6-13(25)26/h4,7,9-10H,1-3,5-6,16H2,(H,17,20)(H,18,22)(H,19,28)(H,21,27)(H,23,24)(H,25,26). The molecule has 0 fully saturated rings. The van der Waals surface area contributed by atoms with Gasteiger partial charge in [-0.15, -0.1) is 0 Å². The van der Waals surface area contributed by atoms with Crippen molar-refractivity contribution in [3.05, 3.63) is 18.2 Å². The normalized spacial score (nSPS) is 12.5. The summed E-state index contributed by atoms with van der Waals surface area (Å²) in [5.74, 6) is -4.66. The van der Waals surface area contributed by atoms with Crippen molar-refractivity contribution in [2.24, 2.45) is 5.73 Å². The zero-order chi connectivity index (χ0) is 21.1. The summed E-state index contributed by atoms with van der Waals surface area (Å²) in [4.78, 5) is 63.6. The Bertz CT molecular complexity index is 706. The molecule has 8 N–H and O–H groups in total. The van der Waals surface area contributed by atoms with E-state index < -0.39 is 61.3 Å². The van der Waals surface area contributed by atoms with Crippen LogP contribution in [0.4, 0.5) is 0 Å². The van der Waals surface area contributed by atoms with Crippen LogP contribution in [0, 0.1) is 0 Å². The Labute approximate surface area is 159 Å². The summed E-state index contributed by atoms with van der Waals surface area (Å²) in [6, 6.07) is -2.25. The second kappa shape index (κ2) is 11.3. The van der Waals surface area contributed by atoms with E-state index in [0.29, 0.717) is 5.69 Å². The van der Waals surface area contributed by atoms with Gasteiger partial charge in [0.05, 0.1) is 18.9 Å². The van der Waals surface area contributed by atoms with E-state index >= 15 is 0 Å². The van der Waals surface area contributed by atoms with Crippen LogP contribution in [0.3, 0.4) is 0 Å². The number of hydrogen-bond donors (Lipinski definition) is 7. The third-order valence-electron chi connectivity index (χ3n) is 3.47. The summed E-state index contributed by atoms with van der Waals surface area (Å²) in [5, 5.41) is 23.9. The molecule has 13 heteroatoms. The fourth-order valence-corrected chi connectivity index (χ4v) is 2.07. The quantitative estimate of drug-likeness (QED) is 0.190. The number of nitrogens with two attached hydrogens (primary N) is 1. The first-order valence-electron chi connectivity index (χ1n) is 8.20. The van der Waals surface area contributed by atoms with Gasteiger partial charge < -0.3 is 36.9 Å². The number of imidazole rings is 1. The molecule has 0 spiro atoms. The third kappa shape index (κ3) is 8.75. The topological polar surface area (TPSA) is 217 Å². The minimum Gasteiger partial charge on any atom is -0.481 e. The maximum atomic E-state index is 12.2. The Morgan fingerprint density at radius 2 is 1.79 bits per heavy atom. The molecule has 28 heavy (non-hydrogen) atoms. The maximum absolute atomic E-state index is 12.2. The predicted octanol–water partition coefficient (Wildman–Crippen LogP) is -3.05. The molecule has 1 heterocycles. The smallest absolute Gasteiger partial charge is 0.322 e. The lowest BCUT2D eigenvalue weighted by atomic mass is 10.1. The number of aromatic nitrogens is 2. The first kappa shape index (κ1) is 22.6. The lowest BCUT2D eigenvalue weighted by molar-refractivity contribution is -0.138. The number of aromatic amines is 1. The molecule has 0 saturated heterocycles. The number of nitrogens with one attached hydrogen (secondary N) is 4. The molecule has 0 aliphatic rings. The van der Waals surface area contributed by atoms with Gasteiger partial charge in [-0.05, 0) is 6.42 Å². The van der Waals surface area contributed by atoms with E-state index in [1.54, 1.807) is 0 Å². The molecular formula is C15H22N6O7. The van der Waals surface area contributed by atoms with Crippen LogP contribution in [0.2, 0.25) is 0 Å². The number of carbonyl (C=O) groups is 5. The van der Waals surface area contributed by atoms with Gasteiger partial charge >= 0.3 is 11.9 Å². The monoisotopic (exact) mass is 398 g/mol. The van der Waals surface area contributed by atoms with E-state index in [1.165, 1.54) is 12.5 Å². The number of carboxylic acids is 2. The van der Waals surface area contributed by atoms with Gasteiger partial charge in [0.25, 0.3) is 0 Å². The molecule has 0 bridgehead atoms. The number of carbonyl (C=O) groups excluding carboxylic acids is 3. The van der Waals surface area contributed by atoms with Crippen molar-refractivity contribution in [1.29, 1.82) is 0 Å². The lowest BCUT2D eigenvalue weighted by Gasteiger charge is -2.20. The van der Waals surface area contributed by atoms with Crippen LogP contribution in [-0.4, -0.2) is 75.0 Å². The van der Waals surface area contributed by atoms with Gasteiger partial charge in [0.1, 0.15) is 12.6 Å². The van der Waals surface area contributed by atoms with Crippen LogP contribution in [-0.2, 0) is 30.4 Å². The lowest BCUT2D eigenvalue weighted by Crippen LogP contribution is -2.53. The molecule has 2 unspecified atom stereocenters. The molecule has 154 valence electrons. The first-order chi connectivity index (χ1) is 13.2. The maximum Gasteiger partial charge on any atom is 0.322 e. The second-order valence-electron chi connectivity index (χ2n) is 5.77. The Hall–Kier alpha value is -3.48. The van der Waals surface area contributed by atoms with Gasteiger partial charge in [-0.25, -0.2) is 4.98 Å². The van der Waals surface area contributed by atoms with Crippen LogP contribution in [0.1, 0.15) is 18.5 Å². The Balaban J connectivity index is 2.60. The molecule has 2 atom stereocenters. The van der Waals surface area contributed by atoms with Crippen LogP contribution in [0.15, 0.2) is 12.5 Å². The minimum atomic E-state index is -1.25. The van der Waals surface area contributed by atoms with Gasteiger partial charge in [0.15, 0.2) is 0 Å². The Morgan fingerprint density at radius 3 is 2.36 bits per heavy atom. The number of H-pyrrole nitrogens is 1. The van der Waals surface area contributed by atoms with Crippen molar-refractivity contribution < 1.29 is 34.2 Å². The number of nitrogens with zero attached hydrogens (tertiary/aromatic N) is 1. The van der Waals surface area contributed by atoms with Crippen molar-refractivity contribution >= 4 is 29.7 Å². The van der Waals surface area contributed by atoms with Crippen LogP contribution >= 0.6 is 0 Å². The van der Waals surface area contributed by atoms with E-state index in [4.69, 9.17) is 15.9 Å². The van der Waals surface area contributed by atoms with Crippen LogP contribution in [0.5, 0.6) is 0 Å². The summed E-state index contributed by atoms with van der Waals surface area (Å²) in [6.45, 7) is -1.15. The molecule has 1 aromatic rings. The highest BCUT2D eigenvalue weighted by Gasteiger charge is 2.25. The fraction of sp³-hybridized carbons (Fsp3) is 0.467. The van der Waals surface area contributed by atoms with Crippen LogP contribution in [0.25, 0.3) is 0 Å². The highest BCUT2D eigenvalue weighted by molar-refractivity contribution is 5.92. The van der Waals surface area contributed by atoms with Gasteiger partial charge in [0.2, 0.25) is 17.7 Å². The zero-order valence-corrected chi connectivity index (χ0v) is 14.8. The highest BCUT2D eigenvalue weighted by atomic mass is 16.4. The van der Waals surface area contributed by atoms with Crippen molar-refractivity contribution in [1.82, 2.24) is 25.9 Å². The largest absolute Gasteiger partial charge is 0.481 e. The van der Waals surface area contributed by atoms with Gasteiger partial charge in [-0.1, -0.05) is 0 Å². The first-order valence-corrected chi connectivity index (χ1v) is 8.20. The van der Waals surface area contributed by atoms with Crippen molar-refractivity contribution in [2.45, 2.75) is 31.3 Å². The highest BCUT2D eigenvalue weighted by Crippen LogP contribution is 2.01. The fourth-order valence-electron chi connectivity index (χ4n) is 2.07. The van der Waals surface area contributed by atoms with Gasteiger partial charge in [-0.3, -0.25) is 24.0 Å².